The summed E-state index contributed by atoms with van der Waals surface area (Å²) in [4.78, 5) is 41.8. The van der Waals surface area contributed by atoms with Gasteiger partial charge in [0.15, 0.2) is 0 Å². The van der Waals surface area contributed by atoms with Crippen LogP contribution in [0.4, 0.5) is 10.1 Å². The molecule has 33 heavy (non-hydrogen) atoms. The molecule has 2 aromatic rings. The number of benzene rings is 2. The number of rotatable bonds is 5. The van der Waals surface area contributed by atoms with Crippen molar-refractivity contribution in [1.29, 1.82) is 0 Å². The SMILES string of the molecule is NS(=O)(=O)c1ccc(N2C(=O)CC(N(C(=O)c3ccccc3F)C3CCCCC3)C2=O)cc1. The molecule has 1 aliphatic heterocycles. The standard InChI is InChI=1S/C23H24FN3O5S/c24-19-9-5-4-8-18(19)22(29)26(15-6-2-1-3-7-15)20-14-21(28)27(23(20)30)16-10-12-17(13-11-16)33(25,31)32/h4-5,8-13,15,20H,1-3,6-7,14H2,(H2,25,31,32). The van der Waals surface area contributed by atoms with Crippen molar-refractivity contribution < 1.29 is 27.2 Å². The van der Waals surface area contributed by atoms with Crippen LogP contribution >= 0.6 is 0 Å². The van der Waals surface area contributed by atoms with Gasteiger partial charge in [0.25, 0.3) is 11.8 Å². The van der Waals surface area contributed by atoms with Crippen LogP contribution in [0.1, 0.15) is 48.9 Å². The van der Waals surface area contributed by atoms with E-state index in [0.717, 1.165) is 24.2 Å². The summed E-state index contributed by atoms with van der Waals surface area (Å²) in [5.74, 6) is -2.41. The number of amides is 3. The van der Waals surface area contributed by atoms with Gasteiger partial charge in [-0.25, -0.2) is 22.8 Å². The quantitative estimate of drug-likeness (QED) is 0.670. The molecule has 2 aliphatic rings. The monoisotopic (exact) mass is 473 g/mol. The van der Waals surface area contributed by atoms with Gasteiger partial charge in [-0.3, -0.25) is 14.4 Å². The fraction of sp³-hybridized carbons (Fsp3) is 0.348. The second kappa shape index (κ2) is 9.03. The number of carbonyl (C=O) groups excluding carboxylic acids is 3. The zero-order valence-electron chi connectivity index (χ0n) is 17.8. The lowest BCUT2D eigenvalue weighted by Crippen LogP contribution is -2.51. The molecule has 0 spiro atoms. The van der Waals surface area contributed by atoms with E-state index in [1.807, 2.05) is 0 Å². The van der Waals surface area contributed by atoms with Crippen molar-refractivity contribution in [1.82, 2.24) is 4.90 Å². The molecule has 10 heteroatoms. The molecule has 174 valence electrons. The summed E-state index contributed by atoms with van der Waals surface area (Å²) in [5.41, 5.74) is 0.0427. The van der Waals surface area contributed by atoms with E-state index in [1.165, 1.54) is 47.4 Å². The van der Waals surface area contributed by atoms with E-state index in [4.69, 9.17) is 5.14 Å². The molecule has 2 fully saturated rings. The van der Waals surface area contributed by atoms with Crippen molar-refractivity contribution in [2.75, 3.05) is 4.90 Å². The molecular formula is C23H24FN3O5S. The number of carbonyl (C=O) groups is 3. The van der Waals surface area contributed by atoms with Crippen molar-refractivity contribution in [3.8, 4) is 0 Å². The van der Waals surface area contributed by atoms with Gasteiger partial charge >= 0.3 is 0 Å². The average Bonchev–Trinajstić information content (AvgIpc) is 3.08. The highest BCUT2D eigenvalue weighted by Crippen LogP contribution is 2.32. The Bertz CT molecular complexity index is 1190. The molecule has 2 aromatic carbocycles. The zero-order valence-corrected chi connectivity index (χ0v) is 18.6. The molecule has 3 amide bonds. The highest BCUT2D eigenvalue weighted by atomic mass is 32.2. The van der Waals surface area contributed by atoms with Crippen LogP contribution < -0.4 is 10.0 Å². The number of imide groups is 1. The minimum Gasteiger partial charge on any atom is -0.323 e. The highest BCUT2D eigenvalue weighted by Gasteiger charge is 2.47. The van der Waals surface area contributed by atoms with E-state index >= 15 is 0 Å². The lowest BCUT2D eigenvalue weighted by Gasteiger charge is -2.37. The van der Waals surface area contributed by atoms with E-state index in [0.29, 0.717) is 12.8 Å². The summed E-state index contributed by atoms with van der Waals surface area (Å²) >= 11 is 0. The minimum absolute atomic E-state index is 0.140. The van der Waals surface area contributed by atoms with Gasteiger partial charge in [-0.2, -0.15) is 0 Å². The summed E-state index contributed by atoms with van der Waals surface area (Å²) in [6, 6.07) is 9.31. The van der Waals surface area contributed by atoms with Gasteiger partial charge in [-0.15, -0.1) is 0 Å². The van der Waals surface area contributed by atoms with Crippen LogP contribution in [0, 0.1) is 5.82 Å². The van der Waals surface area contributed by atoms with Crippen molar-refractivity contribution in [3.63, 3.8) is 0 Å². The molecule has 0 radical (unpaired) electrons. The number of sulfonamides is 1. The molecule has 1 saturated carbocycles. The minimum atomic E-state index is -3.93. The van der Waals surface area contributed by atoms with Crippen LogP contribution in [0.25, 0.3) is 0 Å². The Morgan fingerprint density at radius 1 is 1.00 bits per heavy atom. The molecule has 8 nitrogen and oxygen atoms in total. The predicted molar refractivity (Wildman–Crippen MR) is 118 cm³/mol. The smallest absolute Gasteiger partial charge is 0.257 e. The van der Waals surface area contributed by atoms with E-state index in [9.17, 15) is 27.2 Å². The molecule has 4 rings (SSSR count). The Balaban J connectivity index is 1.68. The maximum absolute atomic E-state index is 14.4. The topological polar surface area (TPSA) is 118 Å². The van der Waals surface area contributed by atoms with E-state index in [2.05, 4.69) is 0 Å². The number of hydrogen-bond donors (Lipinski definition) is 1. The van der Waals surface area contributed by atoms with Crippen LogP contribution in [0.3, 0.4) is 0 Å². The fourth-order valence-corrected chi connectivity index (χ4v) is 5.10. The average molecular weight is 474 g/mol. The number of primary sulfonamides is 1. The number of halogens is 1. The molecule has 1 heterocycles. The van der Waals surface area contributed by atoms with Crippen molar-refractivity contribution in [2.45, 2.75) is 55.5 Å². The Kier molecular flexibility index (Phi) is 6.31. The highest BCUT2D eigenvalue weighted by molar-refractivity contribution is 7.89. The summed E-state index contributed by atoms with van der Waals surface area (Å²) in [6.07, 6.45) is 3.87. The van der Waals surface area contributed by atoms with Crippen LogP contribution in [-0.2, 0) is 19.6 Å². The fourth-order valence-electron chi connectivity index (χ4n) is 4.58. The summed E-state index contributed by atoms with van der Waals surface area (Å²) < 4.78 is 37.4. The van der Waals surface area contributed by atoms with E-state index in [-0.39, 0.29) is 28.6 Å². The lowest BCUT2D eigenvalue weighted by atomic mass is 9.92. The first-order chi connectivity index (χ1) is 15.7. The van der Waals surface area contributed by atoms with E-state index < -0.39 is 39.6 Å². The van der Waals surface area contributed by atoms with Gasteiger partial charge in [0.05, 0.1) is 22.6 Å². The van der Waals surface area contributed by atoms with Crippen molar-refractivity contribution in [3.05, 3.63) is 59.9 Å². The van der Waals surface area contributed by atoms with Crippen LogP contribution in [0.2, 0.25) is 0 Å². The third-order valence-electron chi connectivity index (χ3n) is 6.19. The van der Waals surface area contributed by atoms with Gasteiger partial charge in [-0.1, -0.05) is 31.4 Å². The van der Waals surface area contributed by atoms with Gasteiger partial charge in [0, 0.05) is 6.04 Å². The molecule has 1 aliphatic carbocycles. The summed E-state index contributed by atoms with van der Waals surface area (Å²) in [7, 11) is -3.93. The number of hydrogen-bond acceptors (Lipinski definition) is 5. The van der Waals surface area contributed by atoms with E-state index in [1.54, 1.807) is 6.07 Å². The number of anilines is 1. The first kappa shape index (κ1) is 23.1. The second-order valence-electron chi connectivity index (χ2n) is 8.31. The second-order valence-corrected chi connectivity index (χ2v) is 9.87. The summed E-state index contributed by atoms with van der Waals surface area (Å²) in [5, 5.41) is 5.11. The summed E-state index contributed by atoms with van der Waals surface area (Å²) in [6.45, 7) is 0. The number of nitrogens with two attached hydrogens (primary N) is 1. The van der Waals surface area contributed by atoms with Crippen LogP contribution in [0.15, 0.2) is 53.4 Å². The lowest BCUT2D eigenvalue weighted by molar-refractivity contribution is -0.123. The van der Waals surface area contributed by atoms with Crippen LogP contribution in [0.5, 0.6) is 0 Å². The van der Waals surface area contributed by atoms with Crippen molar-refractivity contribution in [2.24, 2.45) is 5.14 Å². The molecule has 1 saturated heterocycles. The Morgan fingerprint density at radius 2 is 1.64 bits per heavy atom. The van der Waals surface area contributed by atoms with Gasteiger partial charge in [0.2, 0.25) is 15.9 Å². The molecular weight excluding hydrogens is 449 g/mol. The predicted octanol–water partition coefficient (Wildman–Crippen LogP) is 2.58. The molecule has 0 aromatic heterocycles. The maximum Gasteiger partial charge on any atom is 0.257 e. The maximum atomic E-state index is 14.4. The third-order valence-corrected chi connectivity index (χ3v) is 7.12. The molecule has 1 atom stereocenters. The molecule has 2 N–H and O–H groups in total. The first-order valence-corrected chi connectivity index (χ1v) is 12.3. The van der Waals surface area contributed by atoms with Crippen molar-refractivity contribution >= 4 is 33.4 Å². The Hall–Kier alpha value is -3.11. The van der Waals surface area contributed by atoms with Gasteiger partial charge in [0.1, 0.15) is 11.9 Å². The van der Waals surface area contributed by atoms with Gasteiger partial charge in [-0.05, 0) is 49.2 Å². The largest absolute Gasteiger partial charge is 0.323 e. The number of nitrogens with zero attached hydrogens (tertiary/aromatic N) is 2. The molecule has 0 bridgehead atoms. The van der Waals surface area contributed by atoms with Gasteiger partial charge < -0.3 is 4.90 Å². The third kappa shape index (κ3) is 4.53. The molecule has 1 unspecified atom stereocenters. The first-order valence-electron chi connectivity index (χ1n) is 10.8. The Morgan fingerprint density at radius 3 is 2.24 bits per heavy atom. The Labute approximate surface area is 191 Å². The normalized spacial score (nSPS) is 19.7. The zero-order chi connectivity index (χ0) is 23.8. The van der Waals surface area contributed by atoms with Crippen LogP contribution in [-0.4, -0.2) is 43.1 Å².